The minimum absolute atomic E-state index is 0.287. The molecule has 80 valence electrons. The van der Waals surface area contributed by atoms with E-state index >= 15 is 0 Å². The largest absolute Gasteiger partial charge is 0.445 e. The average molecular weight is 239 g/mol. The second-order valence-corrected chi connectivity index (χ2v) is 3.39. The summed E-state index contributed by atoms with van der Waals surface area (Å²) in [6, 6.07) is 2.97. The molecule has 1 aromatic carbocycles. The summed E-state index contributed by atoms with van der Waals surface area (Å²) in [6.45, 7) is 0. The molecule has 0 aliphatic carbocycles. The van der Waals surface area contributed by atoms with Gasteiger partial charge >= 0.3 is 0 Å². The Kier molecular flexibility index (Phi) is 2.40. The van der Waals surface area contributed by atoms with Crippen LogP contribution in [-0.2, 0) is 0 Å². The molecule has 0 spiro atoms. The van der Waals surface area contributed by atoms with Gasteiger partial charge in [0.25, 0.3) is 0 Å². The van der Waals surface area contributed by atoms with Crippen molar-refractivity contribution < 1.29 is 13.2 Å². The number of fused-ring (bicyclic) bond motifs is 1. The second kappa shape index (κ2) is 3.61. The Morgan fingerprint density at radius 3 is 2.69 bits per heavy atom. The van der Waals surface area contributed by atoms with Crippen LogP contribution in [0.3, 0.4) is 0 Å². The zero-order valence-corrected chi connectivity index (χ0v) is 8.52. The number of hydrogen-bond acceptors (Lipinski definition) is 4. The van der Waals surface area contributed by atoms with Crippen molar-refractivity contribution in [1.29, 1.82) is 5.26 Å². The fourth-order valence-corrected chi connectivity index (χ4v) is 1.55. The van der Waals surface area contributed by atoms with Gasteiger partial charge in [0.05, 0.1) is 5.39 Å². The Hall–Kier alpha value is -1.87. The number of nitriles is 1. The molecule has 0 unspecified atom stereocenters. The maximum absolute atomic E-state index is 13.3. The van der Waals surface area contributed by atoms with Crippen molar-refractivity contribution in [2.24, 2.45) is 0 Å². The Morgan fingerprint density at radius 1 is 1.38 bits per heavy atom. The average Bonchev–Trinajstić information content (AvgIpc) is 2.21. The highest BCUT2D eigenvalue weighted by Gasteiger charge is 2.15. The van der Waals surface area contributed by atoms with Crippen molar-refractivity contribution >= 4 is 23.6 Å². The molecule has 3 nitrogen and oxygen atoms in total. The van der Waals surface area contributed by atoms with E-state index in [1.165, 1.54) is 0 Å². The summed E-state index contributed by atoms with van der Waals surface area (Å²) in [7, 11) is 0. The van der Waals surface area contributed by atoms with Gasteiger partial charge in [-0.25, -0.2) is 8.78 Å². The van der Waals surface area contributed by atoms with E-state index in [-0.39, 0.29) is 16.0 Å². The van der Waals surface area contributed by atoms with Gasteiger partial charge in [-0.3, -0.25) is 4.79 Å². The molecule has 0 saturated heterocycles. The smallest absolute Gasteiger partial charge is 0.211 e. The van der Waals surface area contributed by atoms with Crippen molar-refractivity contribution in [2.75, 3.05) is 0 Å². The van der Waals surface area contributed by atoms with Crippen molar-refractivity contribution in [3.8, 4) is 6.07 Å². The standard InChI is InChI=1S/C10H3F2NO2S/c11-4-1-5-8(14)6(3-13)10(16)15-9(5)7(12)2-4/h1-2,16H. The molecule has 0 amide bonds. The molecule has 2 aromatic rings. The molecule has 0 saturated carbocycles. The molecule has 2 rings (SSSR count). The van der Waals surface area contributed by atoms with Crippen LogP contribution in [0.15, 0.2) is 26.4 Å². The SMILES string of the molecule is N#Cc1c(S)oc2c(F)cc(F)cc2c1=O. The van der Waals surface area contributed by atoms with Crippen LogP contribution >= 0.6 is 12.6 Å². The summed E-state index contributed by atoms with van der Waals surface area (Å²) in [5, 5.41) is 8.05. The Morgan fingerprint density at radius 2 is 2.06 bits per heavy atom. The van der Waals surface area contributed by atoms with Crippen LogP contribution in [0.2, 0.25) is 0 Å². The number of halogens is 2. The van der Waals surface area contributed by atoms with E-state index in [1.807, 2.05) is 0 Å². The summed E-state index contributed by atoms with van der Waals surface area (Å²) in [5.74, 6) is -1.92. The minimum Gasteiger partial charge on any atom is -0.445 e. The van der Waals surface area contributed by atoms with Gasteiger partial charge in [-0.1, -0.05) is 0 Å². The summed E-state index contributed by atoms with van der Waals surface area (Å²) >= 11 is 3.75. The van der Waals surface area contributed by atoms with Crippen LogP contribution in [0.1, 0.15) is 5.56 Å². The Balaban J connectivity index is 3.07. The number of hydrogen-bond donors (Lipinski definition) is 1. The number of thiol groups is 1. The fraction of sp³-hybridized carbons (Fsp3) is 0. The van der Waals surface area contributed by atoms with Crippen LogP contribution in [0, 0.1) is 23.0 Å². The lowest BCUT2D eigenvalue weighted by Crippen LogP contribution is -2.08. The molecule has 16 heavy (non-hydrogen) atoms. The topological polar surface area (TPSA) is 54.0 Å². The maximum atomic E-state index is 13.3. The van der Waals surface area contributed by atoms with Crippen molar-refractivity contribution in [3.05, 3.63) is 39.6 Å². The minimum atomic E-state index is -1.01. The van der Waals surface area contributed by atoms with E-state index in [0.717, 1.165) is 6.07 Å². The molecule has 1 aromatic heterocycles. The number of nitrogens with zero attached hydrogens (tertiary/aromatic N) is 1. The van der Waals surface area contributed by atoms with E-state index < -0.39 is 22.6 Å². The van der Waals surface area contributed by atoms with Gasteiger partial charge in [0.15, 0.2) is 16.5 Å². The monoisotopic (exact) mass is 239 g/mol. The molecular formula is C10H3F2NO2S. The van der Waals surface area contributed by atoms with E-state index in [4.69, 9.17) is 9.68 Å². The van der Waals surface area contributed by atoms with Crippen LogP contribution in [0.25, 0.3) is 11.0 Å². The molecule has 0 radical (unpaired) electrons. The van der Waals surface area contributed by atoms with Crippen LogP contribution in [0.5, 0.6) is 0 Å². The first-order valence-corrected chi connectivity index (χ1v) is 4.54. The third-order valence-electron chi connectivity index (χ3n) is 2.00. The molecule has 0 fully saturated rings. The molecule has 0 atom stereocenters. The van der Waals surface area contributed by atoms with Gasteiger partial charge in [0.1, 0.15) is 17.4 Å². The number of rotatable bonds is 0. The predicted octanol–water partition coefficient (Wildman–Crippen LogP) is 2.23. The van der Waals surface area contributed by atoms with Crippen LogP contribution in [-0.4, -0.2) is 0 Å². The molecule has 0 N–H and O–H groups in total. The van der Waals surface area contributed by atoms with Gasteiger partial charge in [-0.2, -0.15) is 5.26 Å². The third-order valence-corrected chi connectivity index (χ3v) is 2.32. The molecule has 0 aliphatic rings. The fourth-order valence-electron chi connectivity index (χ4n) is 1.31. The van der Waals surface area contributed by atoms with Gasteiger partial charge < -0.3 is 4.42 Å². The van der Waals surface area contributed by atoms with Crippen LogP contribution in [0.4, 0.5) is 8.78 Å². The van der Waals surface area contributed by atoms with E-state index in [1.54, 1.807) is 6.07 Å². The normalized spacial score (nSPS) is 10.4. The first-order valence-electron chi connectivity index (χ1n) is 4.09. The number of benzene rings is 1. The molecule has 0 aliphatic heterocycles. The Bertz CT molecular complexity index is 688. The lowest BCUT2D eigenvalue weighted by molar-refractivity contribution is 0.472. The van der Waals surface area contributed by atoms with Crippen LogP contribution < -0.4 is 5.43 Å². The summed E-state index contributed by atoms with van der Waals surface area (Å²) in [5.41, 5.74) is -1.58. The van der Waals surface area contributed by atoms with Gasteiger partial charge in [0, 0.05) is 6.07 Å². The summed E-state index contributed by atoms with van der Waals surface area (Å²) < 4.78 is 31.0. The molecule has 1 heterocycles. The van der Waals surface area contributed by atoms with Gasteiger partial charge in [-0.15, -0.1) is 12.6 Å². The lowest BCUT2D eigenvalue weighted by Gasteiger charge is -2.01. The zero-order valence-electron chi connectivity index (χ0n) is 7.62. The van der Waals surface area contributed by atoms with Gasteiger partial charge in [-0.05, 0) is 6.07 Å². The molecular weight excluding hydrogens is 236 g/mol. The first kappa shape index (κ1) is 10.6. The van der Waals surface area contributed by atoms with Crippen molar-refractivity contribution in [2.45, 2.75) is 5.09 Å². The predicted molar refractivity (Wildman–Crippen MR) is 54.4 cm³/mol. The highest BCUT2D eigenvalue weighted by atomic mass is 32.1. The summed E-state index contributed by atoms with van der Waals surface area (Å²) in [4.78, 5) is 11.6. The maximum Gasteiger partial charge on any atom is 0.211 e. The third kappa shape index (κ3) is 1.46. The first-order chi connectivity index (χ1) is 7.54. The second-order valence-electron chi connectivity index (χ2n) is 2.99. The highest BCUT2D eigenvalue weighted by Crippen LogP contribution is 2.21. The lowest BCUT2D eigenvalue weighted by atomic mass is 10.2. The van der Waals surface area contributed by atoms with E-state index in [9.17, 15) is 13.6 Å². The highest BCUT2D eigenvalue weighted by molar-refractivity contribution is 7.80. The Labute approximate surface area is 93.3 Å². The van der Waals surface area contributed by atoms with Gasteiger partial charge in [0.2, 0.25) is 5.43 Å². The van der Waals surface area contributed by atoms with Crippen molar-refractivity contribution in [3.63, 3.8) is 0 Å². The summed E-state index contributed by atoms with van der Waals surface area (Å²) in [6.07, 6.45) is 0. The van der Waals surface area contributed by atoms with Crippen molar-refractivity contribution in [1.82, 2.24) is 0 Å². The zero-order chi connectivity index (χ0) is 11.9. The molecule has 6 heteroatoms. The van der Waals surface area contributed by atoms with E-state index in [2.05, 4.69) is 12.6 Å². The molecule has 0 bridgehead atoms. The van der Waals surface area contributed by atoms with E-state index in [0.29, 0.717) is 6.07 Å². The quantitative estimate of drug-likeness (QED) is 0.717.